The molecule has 0 aliphatic carbocycles. The van der Waals surface area contributed by atoms with E-state index < -0.39 is 0 Å². The highest BCUT2D eigenvalue weighted by Crippen LogP contribution is 2.09. The van der Waals surface area contributed by atoms with Crippen LogP contribution >= 0.6 is 24.0 Å². The van der Waals surface area contributed by atoms with Crippen LogP contribution in [0.1, 0.15) is 11.5 Å². The molecule has 0 saturated heterocycles. The Morgan fingerprint density at radius 2 is 1.96 bits per heavy atom. The van der Waals surface area contributed by atoms with Crippen molar-refractivity contribution in [2.45, 2.75) is 13.0 Å². The first-order valence-corrected chi connectivity index (χ1v) is 8.23. The highest BCUT2D eigenvalue weighted by molar-refractivity contribution is 14.0. The first-order chi connectivity index (χ1) is 12.7. The molecule has 10 heteroatoms. The highest BCUT2D eigenvalue weighted by Gasteiger charge is 2.04. The molecule has 1 aromatic carbocycles. The Balaban J connectivity index is 0.00000261. The van der Waals surface area contributed by atoms with E-state index in [1.807, 2.05) is 19.3 Å². The number of hydrogen-bond donors (Lipinski definition) is 2. The van der Waals surface area contributed by atoms with E-state index in [1.165, 1.54) is 18.5 Å². The molecular weight excluding hydrogens is 462 g/mol. The second kappa shape index (κ2) is 10.00. The van der Waals surface area contributed by atoms with Gasteiger partial charge in [-0.2, -0.15) is 10.2 Å². The van der Waals surface area contributed by atoms with Crippen molar-refractivity contribution in [1.29, 1.82) is 0 Å². The van der Waals surface area contributed by atoms with Gasteiger partial charge in [-0.25, -0.2) is 14.1 Å². The number of aromatic nitrogens is 5. The number of rotatable bonds is 6. The third-order valence-corrected chi connectivity index (χ3v) is 3.85. The highest BCUT2D eigenvalue weighted by atomic mass is 127. The minimum Gasteiger partial charge on any atom is -0.356 e. The molecule has 27 heavy (non-hydrogen) atoms. The lowest BCUT2D eigenvalue weighted by Gasteiger charge is -2.10. The van der Waals surface area contributed by atoms with Crippen molar-refractivity contribution in [2.75, 3.05) is 13.6 Å². The Morgan fingerprint density at radius 1 is 1.19 bits per heavy atom. The van der Waals surface area contributed by atoms with Gasteiger partial charge >= 0.3 is 0 Å². The van der Waals surface area contributed by atoms with E-state index in [1.54, 1.807) is 28.5 Å². The average molecular weight is 484 g/mol. The fourth-order valence-corrected chi connectivity index (χ4v) is 2.41. The predicted molar refractivity (Wildman–Crippen MR) is 112 cm³/mol. The number of hydrogen-bond acceptors (Lipinski definition) is 4. The van der Waals surface area contributed by atoms with Crippen LogP contribution in [0.15, 0.2) is 47.8 Å². The van der Waals surface area contributed by atoms with Crippen molar-refractivity contribution in [1.82, 2.24) is 35.2 Å². The van der Waals surface area contributed by atoms with Gasteiger partial charge in [0.25, 0.3) is 0 Å². The van der Waals surface area contributed by atoms with Crippen molar-refractivity contribution >= 4 is 29.9 Å². The number of nitrogens with zero attached hydrogens (tertiary/aromatic N) is 6. The topological polar surface area (TPSA) is 84.9 Å². The van der Waals surface area contributed by atoms with Gasteiger partial charge in [0.05, 0.1) is 17.9 Å². The van der Waals surface area contributed by atoms with Gasteiger partial charge in [0.1, 0.15) is 18.0 Å². The SMILES string of the molecule is CN=C(NCCc1ccn(-c2ccc(F)cc2)n1)NCc1ncnn1C.I. The monoisotopic (exact) mass is 484 g/mol. The van der Waals surface area contributed by atoms with Gasteiger partial charge in [0.15, 0.2) is 5.96 Å². The summed E-state index contributed by atoms with van der Waals surface area (Å²) in [4.78, 5) is 8.34. The predicted octanol–water partition coefficient (Wildman–Crippen LogP) is 1.67. The second-order valence-electron chi connectivity index (χ2n) is 5.63. The molecule has 144 valence electrons. The fourth-order valence-electron chi connectivity index (χ4n) is 2.41. The average Bonchev–Trinajstić information content (AvgIpc) is 3.28. The molecule has 3 aromatic rings. The maximum atomic E-state index is 13.0. The number of nitrogens with one attached hydrogen (secondary N) is 2. The molecule has 8 nitrogen and oxygen atoms in total. The van der Waals surface area contributed by atoms with Crippen LogP contribution in [0.3, 0.4) is 0 Å². The molecule has 0 bridgehead atoms. The van der Waals surface area contributed by atoms with Crippen molar-refractivity contribution in [2.24, 2.45) is 12.0 Å². The van der Waals surface area contributed by atoms with Crippen LogP contribution in [0, 0.1) is 5.82 Å². The molecule has 0 aliphatic heterocycles. The van der Waals surface area contributed by atoms with Gasteiger partial charge in [-0.15, -0.1) is 24.0 Å². The van der Waals surface area contributed by atoms with Crippen LogP contribution in [0.4, 0.5) is 4.39 Å². The molecule has 0 saturated carbocycles. The van der Waals surface area contributed by atoms with Crippen LogP contribution in [0.5, 0.6) is 0 Å². The number of aryl methyl sites for hydroxylation is 1. The van der Waals surface area contributed by atoms with Gasteiger partial charge < -0.3 is 10.6 Å². The van der Waals surface area contributed by atoms with Crippen LogP contribution < -0.4 is 10.6 Å². The van der Waals surface area contributed by atoms with Crippen LogP contribution in [0.2, 0.25) is 0 Å². The summed E-state index contributed by atoms with van der Waals surface area (Å²) in [6, 6.07) is 8.18. The van der Waals surface area contributed by atoms with Gasteiger partial charge in [-0.3, -0.25) is 9.67 Å². The quantitative estimate of drug-likeness (QED) is 0.316. The first-order valence-electron chi connectivity index (χ1n) is 8.23. The minimum atomic E-state index is -0.259. The Kier molecular flexibility index (Phi) is 7.70. The number of halogens is 2. The van der Waals surface area contributed by atoms with E-state index in [2.05, 4.69) is 30.8 Å². The first kappa shape index (κ1) is 20.8. The van der Waals surface area contributed by atoms with E-state index in [0.29, 0.717) is 19.0 Å². The number of guanidine groups is 1. The molecular formula is C17H22FIN8. The summed E-state index contributed by atoms with van der Waals surface area (Å²) in [7, 11) is 3.56. The molecule has 0 atom stereocenters. The molecule has 2 aromatic heterocycles. The van der Waals surface area contributed by atoms with E-state index in [9.17, 15) is 4.39 Å². The second-order valence-corrected chi connectivity index (χ2v) is 5.63. The van der Waals surface area contributed by atoms with E-state index >= 15 is 0 Å². The number of aliphatic imine (C=N–C) groups is 1. The molecule has 0 unspecified atom stereocenters. The molecule has 0 aliphatic rings. The summed E-state index contributed by atoms with van der Waals surface area (Å²) in [6.07, 6.45) is 4.12. The molecule has 0 fully saturated rings. The van der Waals surface area contributed by atoms with Crippen molar-refractivity contribution in [3.05, 3.63) is 60.2 Å². The standard InChI is InChI=1S/C17H21FN8.HI/c1-19-17(21-11-16-22-12-23-25(16)2)20-9-7-14-8-10-26(24-14)15-5-3-13(18)4-6-15;/h3-6,8,10,12H,7,9,11H2,1-2H3,(H2,19,20,21);1H. The number of benzene rings is 1. The lowest BCUT2D eigenvalue weighted by molar-refractivity contribution is 0.627. The third kappa shape index (κ3) is 5.74. The summed E-state index contributed by atoms with van der Waals surface area (Å²) >= 11 is 0. The van der Waals surface area contributed by atoms with E-state index in [0.717, 1.165) is 23.6 Å². The summed E-state index contributed by atoms with van der Waals surface area (Å²) in [5.74, 6) is 1.25. The third-order valence-electron chi connectivity index (χ3n) is 3.85. The van der Waals surface area contributed by atoms with Gasteiger partial charge in [0.2, 0.25) is 0 Å². The van der Waals surface area contributed by atoms with Crippen LogP contribution in [0.25, 0.3) is 5.69 Å². The molecule has 2 heterocycles. The molecule has 3 rings (SSSR count). The van der Waals surface area contributed by atoms with Gasteiger partial charge in [-0.05, 0) is 30.3 Å². The van der Waals surface area contributed by atoms with Gasteiger partial charge in [-0.1, -0.05) is 0 Å². The van der Waals surface area contributed by atoms with Crippen molar-refractivity contribution < 1.29 is 4.39 Å². The van der Waals surface area contributed by atoms with Crippen molar-refractivity contribution in [3.8, 4) is 5.69 Å². The van der Waals surface area contributed by atoms with E-state index in [-0.39, 0.29) is 29.8 Å². The van der Waals surface area contributed by atoms with E-state index in [4.69, 9.17) is 0 Å². The van der Waals surface area contributed by atoms with Gasteiger partial charge in [0, 0.05) is 33.3 Å². The zero-order chi connectivity index (χ0) is 18.4. The maximum Gasteiger partial charge on any atom is 0.191 e. The Labute approximate surface area is 173 Å². The smallest absolute Gasteiger partial charge is 0.191 e. The Morgan fingerprint density at radius 3 is 2.63 bits per heavy atom. The summed E-state index contributed by atoms with van der Waals surface area (Å²) in [5.41, 5.74) is 1.76. The molecule has 0 spiro atoms. The fraction of sp³-hybridized carbons (Fsp3) is 0.294. The summed E-state index contributed by atoms with van der Waals surface area (Å²) in [5, 5.41) is 15.0. The zero-order valence-corrected chi connectivity index (χ0v) is 17.5. The maximum absolute atomic E-state index is 13.0. The zero-order valence-electron chi connectivity index (χ0n) is 15.1. The summed E-state index contributed by atoms with van der Waals surface area (Å²) < 4.78 is 16.4. The largest absolute Gasteiger partial charge is 0.356 e. The Bertz CT molecular complexity index is 871. The van der Waals surface area contributed by atoms with Crippen molar-refractivity contribution in [3.63, 3.8) is 0 Å². The lowest BCUT2D eigenvalue weighted by atomic mass is 10.3. The van der Waals surface area contributed by atoms with Crippen LogP contribution in [-0.4, -0.2) is 44.1 Å². The lowest BCUT2D eigenvalue weighted by Crippen LogP contribution is -2.38. The Hall–Kier alpha value is -2.50. The normalized spacial score (nSPS) is 11.1. The van der Waals surface area contributed by atoms with Crippen LogP contribution in [-0.2, 0) is 20.0 Å². The molecule has 0 amide bonds. The molecule has 2 N–H and O–H groups in total. The minimum absolute atomic E-state index is 0. The summed E-state index contributed by atoms with van der Waals surface area (Å²) in [6.45, 7) is 1.22. The molecule has 0 radical (unpaired) electrons.